The second-order valence-corrected chi connectivity index (χ2v) is 9.05. The number of fused-ring (bicyclic) bond motifs is 1. The number of carbonyl (C=O) groups is 5. The van der Waals surface area contributed by atoms with Crippen LogP contribution in [0.1, 0.15) is 57.3 Å². The lowest BCUT2D eigenvalue weighted by atomic mass is 9.85. The molecule has 1 aromatic rings. The number of carbonyl (C=O) groups excluding carboxylic acids is 5. The Morgan fingerprint density at radius 3 is 2.03 bits per heavy atom. The summed E-state index contributed by atoms with van der Waals surface area (Å²) >= 11 is 0. The summed E-state index contributed by atoms with van der Waals surface area (Å²) in [5, 5.41) is 2.64. The van der Waals surface area contributed by atoms with Crippen LogP contribution in [-0.2, 0) is 23.9 Å². The number of hydrogen-bond donors (Lipinski definition) is 1. The van der Waals surface area contributed by atoms with Crippen LogP contribution in [0, 0.1) is 17.8 Å². The summed E-state index contributed by atoms with van der Waals surface area (Å²) in [6.45, 7) is 6.66. The highest BCUT2D eigenvalue weighted by Crippen LogP contribution is 2.37. The highest BCUT2D eigenvalue weighted by Gasteiger charge is 2.51. The van der Waals surface area contributed by atoms with Gasteiger partial charge in [-0.2, -0.15) is 0 Å². The first-order chi connectivity index (χ1) is 15.6. The Morgan fingerprint density at radius 2 is 1.55 bits per heavy atom. The van der Waals surface area contributed by atoms with Crippen LogP contribution in [0.3, 0.4) is 0 Å². The predicted molar refractivity (Wildman–Crippen MR) is 121 cm³/mol. The molecule has 3 amide bonds. The molecule has 1 aliphatic carbocycles. The van der Waals surface area contributed by atoms with Gasteiger partial charge in [0.25, 0.3) is 5.91 Å². The van der Waals surface area contributed by atoms with Crippen molar-refractivity contribution in [1.29, 1.82) is 0 Å². The first-order valence-electron chi connectivity index (χ1n) is 11.2. The summed E-state index contributed by atoms with van der Waals surface area (Å²) in [5.74, 6) is -2.97. The van der Waals surface area contributed by atoms with E-state index in [1.54, 1.807) is 24.3 Å². The number of rotatable bonds is 8. The molecule has 0 spiro atoms. The van der Waals surface area contributed by atoms with Crippen LogP contribution < -0.4 is 5.32 Å². The number of amides is 3. The molecular formula is C25H30N2O6. The number of ether oxygens (including phenoxy) is 1. The van der Waals surface area contributed by atoms with Gasteiger partial charge in [-0.1, -0.05) is 26.0 Å². The highest BCUT2D eigenvalue weighted by atomic mass is 16.5. The number of allylic oxidation sites excluding steroid dienone is 2. The third-order valence-corrected chi connectivity index (χ3v) is 6.04. The molecule has 3 rings (SSSR count). The van der Waals surface area contributed by atoms with E-state index in [0.29, 0.717) is 24.1 Å². The minimum Gasteiger partial charge on any atom is -0.451 e. The Kier molecular flexibility index (Phi) is 7.46. The second kappa shape index (κ2) is 10.1. The SMILES string of the molecule is CC(=O)c1ccc(NC(=O)C(C)OC(=O)C(CC(C)C)N2C(=O)C3CC=CCC3C2=O)cc1. The van der Waals surface area contributed by atoms with E-state index in [2.05, 4.69) is 5.32 Å². The quantitative estimate of drug-likeness (QED) is 0.280. The van der Waals surface area contributed by atoms with Gasteiger partial charge in [0, 0.05) is 11.3 Å². The molecule has 8 heteroatoms. The van der Waals surface area contributed by atoms with Gasteiger partial charge in [0.2, 0.25) is 11.8 Å². The summed E-state index contributed by atoms with van der Waals surface area (Å²) < 4.78 is 5.40. The highest BCUT2D eigenvalue weighted by molar-refractivity contribution is 6.08. The normalized spacial score (nSPS) is 21.5. The van der Waals surface area contributed by atoms with E-state index in [-0.39, 0.29) is 29.9 Å². The molecule has 0 radical (unpaired) electrons. The van der Waals surface area contributed by atoms with Crippen LogP contribution in [0.25, 0.3) is 0 Å². The van der Waals surface area contributed by atoms with Crippen LogP contribution in [0.15, 0.2) is 36.4 Å². The maximum absolute atomic E-state index is 13.0. The Balaban J connectivity index is 1.69. The molecule has 1 aromatic carbocycles. The lowest BCUT2D eigenvalue weighted by molar-refractivity contribution is -0.164. The van der Waals surface area contributed by atoms with Crippen molar-refractivity contribution in [2.45, 2.75) is 59.1 Å². The molecule has 4 atom stereocenters. The van der Waals surface area contributed by atoms with Crippen molar-refractivity contribution in [2.24, 2.45) is 17.8 Å². The van der Waals surface area contributed by atoms with E-state index >= 15 is 0 Å². The zero-order chi connectivity index (χ0) is 24.3. The van der Waals surface area contributed by atoms with E-state index in [9.17, 15) is 24.0 Å². The molecule has 2 aliphatic rings. The minimum absolute atomic E-state index is 0.0211. The van der Waals surface area contributed by atoms with Crippen LogP contribution in [0.4, 0.5) is 5.69 Å². The molecule has 1 aliphatic heterocycles. The first-order valence-corrected chi connectivity index (χ1v) is 11.2. The van der Waals surface area contributed by atoms with Crippen molar-refractivity contribution in [3.63, 3.8) is 0 Å². The molecule has 176 valence electrons. The zero-order valence-corrected chi connectivity index (χ0v) is 19.4. The van der Waals surface area contributed by atoms with E-state index in [1.807, 2.05) is 26.0 Å². The number of anilines is 1. The van der Waals surface area contributed by atoms with Gasteiger partial charge in [-0.05, 0) is 63.3 Å². The zero-order valence-electron chi connectivity index (χ0n) is 19.4. The Bertz CT molecular complexity index is 955. The number of ketones is 1. The van der Waals surface area contributed by atoms with E-state index in [4.69, 9.17) is 4.74 Å². The van der Waals surface area contributed by atoms with Crippen molar-refractivity contribution < 1.29 is 28.7 Å². The maximum Gasteiger partial charge on any atom is 0.330 e. The van der Waals surface area contributed by atoms with Gasteiger partial charge >= 0.3 is 5.97 Å². The van der Waals surface area contributed by atoms with Gasteiger partial charge in [0.05, 0.1) is 11.8 Å². The molecule has 1 fully saturated rings. The molecule has 1 N–H and O–H groups in total. The molecule has 0 saturated carbocycles. The standard InChI is InChI=1S/C25H30N2O6/c1-14(2)13-21(27-23(30)19-7-5-6-8-20(19)24(27)31)25(32)33-16(4)22(29)26-18-11-9-17(10-12-18)15(3)28/h5-6,9-12,14,16,19-21H,7-8,13H2,1-4H3,(H,26,29). The average Bonchev–Trinajstić information content (AvgIpc) is 3.02. The fourth-order valence-corrected chi connectivity index (χ4v) is 4.23. The van der Waals surface area contributed by atoms with Gasteiger partial charge in [0.15, 0.2) is 11.9 Å². The van der Waals surface area contributed by atoms with E-state index < -0.39 is 35.9 Å². The van der Waals surface area contributed by atoms with Gasteiger partial charge in [-0.15, -0.1) is 0 Å². The van der Waals surface area contributed by atoms with Crippen LogP contribution in [0.2, 0.25) is 0 Å². The van der Waals surface area contributed by atoms with Crippen molar-refractivity contribution in [1.82, 2.24) is 4.90 Å². The fraction of sp³-hybridized carbons (Fsp3) is 0.480. The smallest absolute Gasteiger partial charge is 0.330 e. The summed E-state index contributed by atoms with van der Waals surface area (Å²) in [4.78, 5) is 64.0. The summed E-state index contributed by atoms with van der Waals surface area (Å²) in [5.41, 5.74) is 0.966. The summed E-state index contributed by atoms with van der Waals surface area (Å²) in [6, 6.07) is 5.28. The van der Waals surface area contributed by atoms with Crippen molar-refractivity contribution in [2.75, 3.05) is 5.32 Å². The van der Waals surface area contributed by atoms with Crippen LogP contribution in [0.5, 0.6) is 0 Å². The van der Waals surface area contributed by atoms with Gasteiger partial charge in [-0.25, -0.2) is 4.79 Å². The van der Waals surface area contributed by atoms with Crippen LogP contribution >= 0.6 is 0 Å². The van der Waals surface area contributed by atoms with Crippen molar-refractivity contribution in [3.8, 4) is 0 Å². The summed E-state index contributed by atoms with van der Waals surface area (Å²) in [6.07, 6.45) is 3.86. The third kappa shape index (κ3) is 5.38. The number of nitrogens with one attached hydrogen (secondary N) is 1. The fourth-order valence-electron chi connectivity index (χ4n) is 4.23. The van der Waals surface area contributed by atoms with Gasteiger partial charge in [0.1, 0.15) is 6.04 Å². The molecule has 0 bridgehead atoms. The largest absolute Gasteiger partial charge is 0.451 e. The Labute approximate surface area is 193 Å². The lowest BCUT2D eigenvalue weighted by Gasteiger charge is -2.27. The van der Waals surface area contributed by atoms with Crippen molar-refractivity contribution in [3.05, 3.63) is 42.0 Å². The molecule has 1 saturated heterocycles. The van der Waals surface area contributed by atoms with E-state index in [0.717, 1.165) is 4.90 Å². The Hall–Kier alpha value is -3.29. The van der Waals surface area contributed by atoms with Gasteiger partial charge in [-0.3, -0.25) is 24.1 Å². The Morgan fingerprint density at radius 1 is 1.00 bits per heavy atom. The second-order valence-electron chi connectivity index (χ2n) is 9.05. The number of hydrogen-bond acceptors (Lipinski definition) is 6. The number of imide groups is 1. The summed E-state index contributed by atoms with van der Waals surface area (Å²) in [7, 11) is 0. The monoisotopic (exact) mass is 454 g/mol. The predicted octanol–water partition coefficient (Wildman–Crippen LogP) is 3.13. The van der Waals surface area contributed by atoms with Gasteiger partial charge < -0.3 is 10.1 Å². The first kappa shape index (κ1) is 24.4. The number of benzene rings is 1. The van der Waals surface area contributed by atoms with Crippen molar-refractivity contribution >= 4 is 35.2 Å². The lowest BCUT2D eigenvalue weighted by Crippen LogP contribution is -2.48. The molecule has 4 unspecified atom stereocenters. The molecular weight excluding hydrogens is 424 g/mol. The maximum atomic E-state index is 13.0. The molecule has 0 aromatic heterocycles. The van der Waals surface area contributed by atoms with Crippen LogP contribution in [-0.4, -0.2) is 46.5 Å². The molecule has 33 heavy (non-hydrogen) atoms. The molecule has 1 heterocycles. The number of esters is 1. The average molecular weight is 455 g/mol. The number of Topliss-reactive ketones (excluding diaryl/α,β-unsaturated/α-hetero) is 1. The molecule has 8 nitrogen and oxygen atoms in total. The van der Waals surface area contributed by atoms with E-state index in [1.165, 1.54) is 13.8 Å². The topological polar surface area (TPSA) is 110 Å². The minimum atomic E-state index is -1.14. The number of nitrogens with zero attached hydrogens (tertiary/aromatic N) is 1. The number of likely N-dealkylation sites (tertiary alicyclic amines) is 1. The third-order valence-electron chi connectivity index (χ3n) is 6.04.